The van der Waals surface area contributed by atoms with Gasteiger partial charge in [-0.15, -0.1) is 0 Å². The van der Waals surface area contributed by atoms with E-state index in [0.29, 0.717) is 24.3 Å². The van der Waals surface area contributed by atoms with Crippen LogP contribution in [0.3, 0.4) is 0 Å². The van der Waals surface area contributed by atoms with Gasteiger partial charge in [0.2, 0.25) is 28.6 Å². The van der Waals surface area contributed by atoms with Crippen LogP contribution in [0.1, 0.15) is 25.3 Å². The molecule has 4 rings (SSSR count). The molecule has 9 nitrogen and oxygen atoms in total. The molecule has 0 radical (unpaired) electrons. The van der Waals surface area contributed by atoms with Gasteiger partial charge in [0.25, 0.3) is 0 Å². The molecule has 182 valence electrons. The number of ether oxygens (including phenoxy) is 2. The van der Waals surface area contributed by atoms with Crippen molar-refractivity contribution in [1.82, 2.24) is 14.9 Å². The number of halogens is 1. The number of nitrogens with zero attached hydrogens (tertiary/aromatic N) is 1. The third-order valence-corrected chi connectivity index (χ3v) is 7.74. The van der Waals surface area contributed by atoms with Crippen LogP contribution in [0.5, 0.6) is 11.5 Å². The van der Waals surface area contributed by atoms with Gasteiger partial charge in [0.05, 0.1) is 10.8 Å². The highest BCUT2D eigenvalue weighted by atomic mass is 32.2. The van der Waals surface area contributed by atoms with Crippen molar-refractivity contribution < 1.29 is 31.9 Å². The summed E-state index contributed by atoms with van der Waals surface area (Å²) in [5.74, 6) is -0.597. The molecule has 2 aromatic carbocycles. The van der Waals surface area contributed by atoms with E-state index in [1.807, 2.05) is 6.07 Å². The van der Waals surface area contributed by atoms with Crippen LogP contribution < -0.4 is 20.1 Å². The van der Waals surface area contributed by atoms with Crippen molar-refractivity contribution in [2.75, 3.05) is 19.9 Å². The number of rotatable bonds is 7. The zero-order valence-corrected chi connectivity index (χ0v) is 19.4. The molecule has 0 spiro atoms. The Morgan fingerprint density at radius 2 is 1.88 bits per heavy atom. The summed E-state index contributed by atoms with van der Waals surface area (Å²) in [4.78, 5) is 25.2. The third-order valence-electron chi connectivity index (χ3n) is 5.86. The van der Waals surface area contributed by atoms with Gasteiger partial charge in [0.15, 0.2) is 11.5 Å². The van der Waals surface area contributed by atoms with Gasteiger partial charge in [-0.1, -0.05) is 6.07 Å². The number of carbonyl (C=O) groups is 2. The first-order chi connectivity index (χ1) is 16.2. The number of fused-ring (bicyclic) bond motifs is 1. The zero-order chi connectivity index (χ0) is 24.3. The van der Waals surface area contributed by atoms with Crippen molar-refractivity contribution in [2.24, 2.45) is 5.92 Å². The van der Waals surface area contributed by atoms with Crippen molar-refractivity contribution in [3.8, 4) is 11.5 Å². The summed E-state index contributed by atoms with van der Waals surface area (Å²) >= 11 is 0. The highest BCUT2D eigenvalue weighted by Gasteiger charge is 2.34. The first kappa shape index (κ1) is 24.0. The number of nitrogens with one attached hydrogen (secondary N) is 2. The summed E-state index contributed by atoms with van der Waals surface area (Å²) < 4.78 is 50.8. The minimum atomic E-state index is -3.85. The molecule has 1 saturated heterocycles. The standard InChI is InChI=1S/C23H26FN3O6S/c1-15(22(28)25-12-16-4-9-20-21(11-16)33-14-32-20)26-23(29)17-3-2-10-27(13-17)34(30,31)19-7-5-18(24)6-8-19/h4-9,11,15,17H,2-3,10,12-14H2,1H3,(H,25,28)(H,26,29). The highest BCUT2D eigenvalue weighted by Crippen LogP contribution is 2.32. The summed E-state index contributed by atoms with van der Waals surface area (Å²) in [6, 6.07) is 9.16. The number of carbonyl (C=O) groups excluding carboxylic acids is 2. The van der Waals surface area contributed by atoms with Gasteiger partial charge in [-0.25, -0.2) is 12.8 Å². The Labute approximate surface area is 197 Å². The van der Waals surface area contributed by atoms with Gasteiger partial charge in [-0.05, 0) is 61.7 Å². The fourth-order valence-corrected chi connectivity index (χ4v) is 5.44. The predicted molar refractivity (Wildman–Crippen MR) is 120 cm³/mol. The quantitative estimate of drug-likeness (QED) is 0.610. The molecule has 2 atom stereocenters. The van der Waals surface area contributed by atoms with Gasteiger partial charge < -0.3 is 20.1 Å². The molecule has 2 aliphatic heterocycles. The molecule has 0 bridgehead atoms. The van der Waals surface area contributed by atoms with E-state index in [1.165, 1.54) is 16.4 Å². The Balaban J connectivity index is 1.30. The Bertz CT molecular complexity index is 1170. The number of sulfonamides is 1. The molecule has 2 aromatic rings. The van der Waals surface area contributed by atoms with Crippen LogP contribution in [0.4, 0.5) is 4.39 Å². The normalized spacial score (nSPS) is 18.8. The molecule has 0 aromatic heterocycles. The fourth-order valence-electron chi connectivity index (χ4n) is 3.92. The van der Waals surface area contributed by atoms with Gasteiger partial charge >= 0.3 is 0 Å². The largest absolute Gasteiger partial charge is 0.454 e. The van der Waals surface area contributed by atoms with E-state index >= 15 is 0 Å². The second-order valence-corrected chi connectivity index (χ2v) is 10.2. The molecule has 11 heteroatoms. The SMILES string of the molecule is CC(NC(=O)C1CCCN(S(=O)(=O)c2ccc(F)cc2)C1)C(=O)NCc1ccc2c(c1)OCO2. The van der Waals surface area contributed by atoms with Crippen molar-refractivity contribution in [2.45, 2.75) is 37.2 Å². The second-order valence-electron chi connectivity index (χ2n) is 8.29. The average molecular weight is 492 g/mol. The fraction of sp³-hybridized carbons (Fsp3) is 0.391. The lowest BCUT2D eigenvalue weighted by atomic mass is 9.98. The second kappa shape index (κ2) is 9.98. The van der Waals surface area contributed by atoms with Crippen LogP contribution >= 0.6 is 0 Å². The molecule has 2 aliphatic rings. The van der Waals surface area contributed by atoms with Crippen LogP contribution in [-0.4, -0.2) is 50.5 Å². The topological polar surface area (TPSA) is 114 Å². The molecule has 34 heavy (non-hydrogen) atoms. The summed E-state index contributed by atoms with van der Waals surface area (Å²) in [5, 5.41) is 5.45. The lowest BCUT2D eigenvalue weighted by Gasteiger charge is -2.31. The van der Waals surface area contributed by atoms with E-state index in [0.717, 1.165) is 17.7 Å². The molecule has 2 amide bonds. The van der Waals surface area contributed by atoms with Gasteiger partial charge in [-0.2, -0.15) is 4.31 Å². The molecule has 2 unspecified atom stereocenters. The van der Waals surface area contributed by atoms with E-state index in [2.05, 4.69) is 10.6 Å². The van der Waals surface area contributed by atoms with Crippen molar-refractivity contribution >= 4 is 21.8 Å². The Kier molecular flexibility index (Phi) is 7.03. The molecule has 0 saturated carbocycles. The summed E-state index contributed by atoms with van der Waals surface area (Å²) in [5.41, 5.74) is 0.824. The molecule has 0 aliphatic carbocycles. The maximum atomic E-state index is 13.2. The van der Waals surface area contributed by atoms with Gasteiger partial charge in [-0.3, -0.25) is 9.59 Å². The Morgan fingerprint density at radius 3 is 2.65 bits per heavy atom. The summed E-state index contributed by atoms with van der Waals surface area (Å²) in [7, 11) is -3.85. The molecular formula is C23H26FN3O6S. The number of amides is 2. The van der Waals surface area contributed by atoms with Crippen LogP contribution in [0.2, 0.25) is 0 Å². The van der Waals surface area contributed by atoms with Crippen LogP contribution in [-0.2, 0) is 26.2 Å². The van der Waals surface area contributed by atoms with Crippen LogP contribution in [0.15, 0.2) is 47.4 Å². The monoisotopic (exact) mass is 491 g/mol. The minimum absolute atomic E-state index is 0.00290. The summed E-state index contributed by atoms with van der Waals surface area (Å²) in [6.45, 7) is 2.26. The minimum Gasteiger partial charge on any atom is -0.454 e. The highest BCUT2D eigenvalue weighted by molar-refractivity contribution is 7.89. The van der Waals surface area contributed by atoms with Crippen molar-refractivity contribution in [3.05, 3.63) is 53.8 Å². The Morgan fingerprint density at radius 1 is 1.15 bits per heavy atom. The smallest absolute Gasteiger partial charge is 0.243 e. The lowest BCUT2D eigenvalue weighted by Crippen LogP contribution is -2.50. The average Bonchev–Trinajstić information content (AvgIpc) is 3.30. The first-order valence-corrected chi connectivity index (χ1v) is 12.4. The van der Waals surface area contributed by atoms with E-state index < -0.39 is 27.8 Å². The Hall–Kier alpha value is -3.18. The van der Waals surface area contributed by atoms with Crippen molar-refractivity contribution in [3.63, 3.8) is 0 Å². The molecule has 2 N–H and O–H groups in total. The van der Waals surface area contributed by atoms with Gasteiger partial charge in [0.1, 0.15) is 11.9 Å². The van der Waals surface area contributed by atoms with Gasteiger partial charge in [0, 0.05) is 19.6 Å². The van der Waals surface area contributed by atoms with Crippen LogP contribution in [0.25, 0.3) is 0 Å². The predicted octanol–water partition coefficient (Wildman–Crippen LogP) is 1.78. The number of piperidine rings is 1. The lowest BCUT2D eigenvalue weighted by molar-refractivity contribution is -0.131. The number of benzene rings is 2. The number of hydrogen-bond donors (Lipinski definition) is 2. The first-order valence-electron chi connectivity index (χ1n) is 11.0. The summed E-state index contributed by atoms with van der Waals surface area (Å²) in [6.07, 6.45) is 1.01. The van der Waals surface area contributed by atoms with E-state index in [-0.39, 0.29) is 43.1 Å². The van der Waals surface area contributed by atoms with E-state index in [4.69, 9.17) is 9.47 Å². The van der Waals surface area contributed by atoms with Crippen molar-refractivity contribution in [1.29, 1.82) is 0 Å². The zero-order valence-electron chi connectivity index (χ0n) is 18.6. The van der Waals surface area contributed by atoms with E-state index in [1.54, 1.807) is 19.1 Å². The molecular weight excluding hydrogens is 465 g/mol. The maximum Gasteiger partial charge on any atom is 0.243 e. The molecule has 1 fully saturated rings. The maximum absolute atomic E-state index is 13.2. The third kappa shape index (κ3) is 5.31. The molecule has 2 heterocycles. The van der Waals surface area contributed by atoms with E-state index in [9.17, 15) is 22.4 Å². The van der Waals surface area contributed by atoms with Crippen LogP contribution in [0, 0.1) is 11.7 Å². The number of hydrogen-bond acceptors (Lipinski definition) is 6.